The quantitative estimate of drug-likeness (QED) is 0.652. The van der Waals surface area contributed by atoms with Crippen molar-refractivity contribution in [3.8, 4) is 6.07 Å². The molecule has 0 aliphatic heterocycles. The van der Waals surface area contributed by atoms with Crippen LogP contribution in [0.3, 0.4) is 0 Å². The van der Waals surface area contributed by atoms with Gasteiger partial charge >= 0.3 is 0 Å². The van der Waals surface area contributed by atoms with Gasteiger partial charge in [0.1, 0.15) is 17.7 Å². The Hall–Kier alpha value is -2.23. The summed E-state index contributed by atoms with van der Waals surface area (Å²) in [4.78, 5) is 8.14. The van der Waals surface area contributed by atoms with Crippen molar-refractivity contribution in [2.75, 3.05) is 5.32 Å². The molecule has 3 rings (SSSR count). The number of aromatic nitrogens is 2. The number of nitrogens with zero attached hydrogens (tertiary/aromatic N) is 3. The van der Waals surface area contributed by atoms with E-state index < -0.39 is 5.82 Å². The second-order valence-corrected chi connectivity index (χ2v) is 5.68. The van der Waals surface area contributed by atoms with E-state index in [1.807, 2.05) is 0 Å². The normalized spacial score (nSPS) is 10.5. The fourth-order valence-corrected chi connectivity index (χ4v) is 2.55. The summed E-state index contributed by atoms with van der Waals surface area (Å²) in [5, 5.41) is 12.7. The zero-order valence-corrected chi connectivity index (χ0v) is 13.3. The average Bonchev–Trinajstić information content (AvgIpc) is 2.49. The first-order valence-electron chi connectivity index (χ1n) is 6.16. The summed E-state index contributed by atoms with van der Waals surface area (Å²) in [5.41, 5.74) is 1.49. The third kappa shape index (κ3) is 2.86. The van der Waals surface area contributed by atoms with Gasteiger partial charge in [-0.05, 0) is 48.0 Å². The fourth-order valence-electron chi connectivity index (χ4n) is 2.01. The van der Waals surface area contributed by atoms with E-state index in [1.165, 1.54) is 18.2 Å². The number of halogens is 3. The molecule has 1 aromatic heterocycles. The molecule has 22 heavy (non-hydrogen) atoms. The van der Waals surface area contributed by atoms with Crippen molar-refractivity contribution in [1.29, 1.82) is 5.26 Å². The van der Waals surface area contributed by atoms with Gasteiger partial charge in [-0.25, -0.2) is 9.37 Å². The highest BCUT2D eigenvalue weighted by Crippen LogP contribution is 2.28. The van der Waals surface area contributed by atoms with Gasteiger partial charge in [-0.2, -0.15) is 10.2 Å². The molecule has 0 aliphatic carbocycles. The van der Waals surface area contributed by atoms with E-state index in [1.54, 1.807) is 18.2 Å². The molecular formula is C15H7BrClFN4. The molecule has 1 N–H and O–H groups in total. The number of anilines is 2. The number of rotatable bonds is 2. The van der Waals surface area contributed by atoms with Crippen LogP contribution in [0.15, 0.2) is 40.9 Å². The summed E-state index contributed by atoms with van der Waals surface area (Å²) in [6.07, 6.45) is 0. The number of benzene rings is 2. The topological polar surface area (TPSA) is 61.6 Å². The van der Waals surface area contributed by atoms with Crippen molar-refractivity contribution < 1.29 is 4.39 Å². The molecule has 0 aliphatic rings. The molecule has 0 amide bonds. The van der Waals surface area contributed by atoms with E-state index in [4.69, 9.17) is 11.6 Å². The molecule has 0 spiro atoms. The van der Waals surface area contributed by atoms with E-state index in [0.717, 1.165) is 4.47 Å². The van der Waals surface area contributed by atoms with Crippen LogP contribution in [-0.2, 0) is 0 Å². The number of nitrogens with one attached hydrogen (secondary N) is 1. The van der Waals surface area contributed by atoms with Crippen molar-refractivity contribution in [2.45, 2.75) is 0 Å². The van der Waals surface area contributed by atoms with Gasteiger partial charge in [0.05, 0.1) is 16.8 Å². The Kier molecular flexibility index (Phi) is 3.92. The van der Waals surface area contributed by atoms with Gasteiger partial charge in [-0.1, -0.05) is 15.9 Å². The molecule has 2 aromatic carbocycles. The van der Waals surface area contributed by atoms with Crippen LogP contribution in [-0.4, -0.2) is 9.97 Å². The summed E-state index contributed by atoms with van der Waals surface area (Å²) in [5.74, 6) is -0.0638. The minimum atomic E-state index is -0.405. The summed E-state index contributed by atoms with van der Waals surface area (Å²) in [6.45, 7) is 0. The maximum Gasteiger partial charge on any atom is 0.224 e. The Morgan fingerprint density at radius 3 is 2.77 bits per heavy atom. The van der Waals surface area contributed by atoms with Crippen LogP contribution in [0.4, 0.5) is 15.9 Å². The number of hydrogen-bond donors (Lipinski definition) is 1. The Bertz CT molecular complexity index is 923. The molecule has 0 atom stereocenters. The maximum atomic E-state index is 13.5. The van der Waals surface area contributed by atoms with E-state index in [9.17, 15) is 9.65 Å². The smallest absolute Gasteiger partial charge is 0.224 e. The second-order valence-electron chi connectivity index (χ2n) is 4.43. The minimum Gasteiger partial charge on any atom is -0.338 e. The maximum absolute atomic E-state index is 13.5. The predicted octanol–water partition coefficient (Wildman–Crippen LogP) is 4.80. The van der Waals surface area contributed by atoms with Crippen molar-refractivity contribution in [3.05, 3.63) is 57.5 Å². The van der Waals surface area contributed by atoms with Gasteiger partial charge in [-0.15, -0.1) is 0 Å². The van der Waals surface area contributed by atoms with Gasteiger partial charge < -0.3 is 5.32 Å². The van der Waals surface area contributed by atoms with Crippen molar-refractivity contribution in [1.82, 2.24) is 9.97 Å². The molecule has 7 heteroatoms. The Morgan fingerprint density at radius 1 is 1.18 bits per heavy atom. The van der Waals surface area contributed by atoms with Crippen LogP contribution < -0.4 is 5.32 Å². The van der Waals surface area contributed by atoms with Gasteiger partial charge in [0.15, 0.2) is 0 Å². The van der Waals surface area contributed by atoms with Crippen molar-refractivity contribution in [3.63, 3.8) is 0 Å². The fraction of sp³-hybridized carbons (Fsp3) is 0. The monoisotopic (exact) mass is 376 g/mol. The van der Waals surface area contributed by atoms with E-state index in [-0.39, 0.29) is 5.28 Å². The first-order chi connectivity index (χ1) is 10.6. The third-order valence-electron chi connectivity index (χ3n) is 2.99. The number of nitriles is 1. The first kappa shape index (κ1) is 14.7. The van der Waals surface area contributed by atoms with Gasteiger partial charge in [0, 0.05) is 9.86 Å². The highest BCUT2D eigenvalue weighted by atomic mass is 79.9. The largest absolute Gasteiger partial charge is 0.338 e. The summed E-state index contributed by atoms with van der Waals surface area (Å²) in [7, 11) is 0. The average molecular weight is 378 g/mol. The molecule has 108 valence electrons. The van der Waals surface area contributed by atoms with Gasteiger partial charge in [0.2, 0.25) is 5.28 Å². The van der Waals surface area contributed by atoms with Crippen LogP contribution in [0.1, 0.15) is 5.56 Å². The lowest BCUT2D eigenvalue weighted by Crippen LogP contribution is -1.99. The summed E-state index contributed by atoms with van der Waals surface area (Å²) >= 11 is 9.21. The number of hydrogen-bond acceptors (Lipinski definition) is 4. The van der Waals surface area contributed by atoms with Gasteiger partial charge in [0.25, 0.3) is 0 Å². The van der Waals surface area contributed by atoms with Crippen LogP contribution in [0.5, 0.6) is 0 Å². The lowest BCUT2D eigenvalue weighted by atomic mass is 10.2. The molecular weight excluding hydrogens is 371 g/mol. The van der Waals surface area contributed by atoms with Crippen LogP contribution >= 0.6 is 27.5 Å². The van der Waals surface area contributed by atoms with E-state index in [2.05, 4.69) is 37.3 Å². The molecule has 0 unspecified atom stereocenters. The molecule has 4 nitrogen and oxygen atoms in total. The van der Waals surface area contributed by atoms with Crippen molar-refractivity contribution >= 4 is 49.9 Å². The molecule has 0 saturated heterocycles. The third-order valence-corrected chi connectivity index (χ3v) is 3.65. The molecule has 0 bridgehead atoms. The first-order valence-corrected chi connectivity index (χ1v) is 7.33. The van der Waals surface area contributed by atoms with Crippen LogP contribution in [0.25, 0.3) is 10.9 Å². The van der Waals surface area contributed by atoms with Crippen LogP contribution in [0, 0.1) is 17.1 Å². The second kappa shape index (κ2) is 5.87. The SMILES string of the molecule is N#Cc1cc(Br)ccc1Nc1nc(Cl)nc2ccc(F)cc12. The lowest BCUT2D eigenvalue weighted by molar-refractivity contribution is 0.629. The van der Waals surface area contributed by atoms with E-state index in [0.29, 0.717) is 28.0 Å². The van der Waals surface area contributed by atoms with Crippen LogP contribution in [0.2, 0.25) is 5.28 Å². The zero-order valence-electron chi connectivity index (χ0n) is 10.9. The molecule has 3 aromatic rings. The van der Waals surface area contributed by atoms with Gasteiger partial charge in [-0.3, -0.25) is 0 Å². The Labute approximate surface area is 138 Å². The van der Waals surface area contributed by atoms with E-state index >= 15 is 0 Å². The Balaban J connectivity index is 2.15. The predicted molar refractivity (Wildman–Crippen MR) is 86.6 cm³/mol. The highest BCUT2D eigenvalue weighted by molar-refractivity contribution is 9.10. The summed E-state index contributed by atoms with van der Waals surface area (Å²) in [6, 6.07) is 11.4. The molecule has 0 radical (unpaired) electrons. The lowest BCUT2D eigenvalue weighted by Gasteiger charge is -2.10. The summed E-state index contributed by atoms with van der Waals surface area (Å²) < 4.78 is 14.3. The zero-order chi connectivity index (χ0) is 15.7. The molecule has 1 heterocycles. The molecule has 0 saturated carbocycles. The molecule has 0 fully saturated rings. The minimum absolute atomic E-state index is 0.0391. The highest BCUT2D eigenvalue weighted by Gasteiger charge is 2.10. The van der Waals surface area contributed by atoms with Crippen molar-refractivity contribution in [2.24, 2.45) is 0 Å². The number of fused-ring (bicyclic) bond motifs is 1. The Morgan fingerprint density at radius 2 is 2.00 bits per heavy atom. The standard InChI is InChI=1S/C15H7BrClFN4/c16-9-1-3-12(8(5-9)7-19)20-14-11-6-10(18)2-4-13(11)21-15(17)22-14/h1-6H,(H,20,21,22).